The number of aryl methyl sites for hydroxylation is 1. The molecule has 0 amide bonds. The van der Waals surface area contributed by atoms with Crippen LogP contribution in [-0.4, -0.2) is 32.5 Å². The van der Waals surface area contributed by atoms with Crippen LogP contribution >= 0.6 is 0 Å². The first-order valence-corrected chi connectivity index (χ1v) is 3.92. The highest BCUT2D eigenvalue weighted by molar-refractivity contribution is 4.82. The van der Waals surface area contributed by atoms with Crippen molar-refractivity contribution in [3.63, 3.8) is 0 Å². The van der Waals surface area contributed by atoms with E-state index < -0.39 is 0 Å². The predicted octanol–water partition coefficient (Wildman–Crippen LogP) is -0.715. The monoisotopic (exact) mass is 170 g/mol. The summed E-state index contributed by atoms with van der Waals surface area (Å²) in [5, 5.41) is 19.6. The third-order valence-electron chi connectivity index (χ3n) is 1.53. The van der Waals surface area contributed by atoms with E-state index in [9.17, 15) is 0 Å². The van der Waals surface area contributed by atoms with Gasteiger partial charge in [-0.05, 0) is 6.92 Å². The number of aliphatic hydroxyl groups is 1. The second-order valence-electron chi connectivity index (χ2n) is 2.84. The van der Waals surface area contributed by atoms with Crippen LogP contribution in [0.1, 0.15) is 12.7 Å². The first-order valence-electron chi connectivity index (χ1n) is 3.92. The largest absolute Gasteiger partial charge is 0.392 e. The molecule has 1 atom stereocenters. The van der Waals surface area contributed by atoms with Crippen molar-refractivity contribution in [3.8, 4) is 0 Å². The van der Waals surface area contributed by atoms with Gasteiger partial charge in [0.2, 0.25) is 0 Å². The van der Waals surface area contributed by atoms with E-state index in [0.717, 1.165) is 5.82 Å². The van der Waals surface area contributed by atoms with Crippen molar-refractivity contribution in [2.75, 3.05) is 6.54 Å². The second kappa shape index (κ2) is 4.18. The summed E-state index contributed by atoms with van der Waals surface area (Å²) in [7, 11) is 1.89. The van der Waals surface area contributed by atoms with Gasteiger partial charge >= 0.3 is 0 Å². The highest BCUT2D eigenvalue weighted by Gasteiger charge is 2.00. The van der Waals surface area contributed by atoms with Crippen molar-refractivity contribution in [1.29, 1.82) is 0 Å². The molecule has 1 unspecified atom stereocenters. The van der Waals surface area contributed by atoms with Gasteiger partial charge in [0.25, 0.3) is 0 Å². The maximum Gasteiger partial charge on any atom is 0.146 e. The normalized spacial score (nSPS) is 13.2. The number of aromatic nitrogens is 3. The van der Waals surface area contributed by atoms with Crippen LogP contribution in [0.15, 0.2) is 6.33 Å². The molecule has 0 saturated carbocycles. The summed E-state index contributed by atoms with van der Waals surface area (Å²) in [6.45, 7) is 2.96. The van der Waals surface area contributed by atoms with Gasteiger partial charge in [-0.2, -0.15) is 0 Å². The average Bonchev–Trinajstić information content (AvgIpc) is 2.36. The Kier molecular flexibility index (Phi) is 3.19. The molecular formula is C7H14N4O. The summed E-state index contributed by atoms with van der Waals surface area (Å²) >= 11 is 0. The Morgan fingerprint density at radius 1 is 1.75 bits per heavy atom. The van der Waals surface area contributed by atoms with Crippen LogP contribution < -0.4 is 5.32 Å². The first kappa shape index (κ1) is 9.15. The van der Waals surface area contributed by atoms with Crippen molar-refractivity contribution in [3.05, 3.63) is 12.2 Å². The minimum Gasteiger partial charge on any atom is -0.392 e. The molecule has 68 valence electrons. The molecule has 0 aliphatic rings. The summed E-state index contributed by atoms with van der Waals surface area (Å²) < 4.78 is 1.84. The van der Waals surface area contributed by atoms with Crippen molar-refractivity contribution in [1.82, 2.24) is 20.1 Å². The Labute approximate surface area is 71.4 Å². The molecule has 5 heteroatoms. The fourth-order valence-electron chi connectivity index (χ4n) is 0.860. The fraction of sp³-hybridized carbons (Fsp3) is 0.714. The summed E-state index contributed by atoms with van der Waals surface area (Å²) in [6.07, 6.45) is 1.33. The number of aliphatic hydroxyl groups excluding tert-OH is 1. The third-order valence-corrected chi connectivity index (χ3v) is 1.53. The predicted molar refractivity (Wildman–Crippen MR) is 44.4 cm³/mol. The fourth-order valence-corrected chi connectivity index (χ4v) is 0.860. The van der Waals surface area contributed by atoms with Crippen LogP contribution in [-0.2, 0) is 13.6 Å². The van der Waals surface area contributed by atoms with E-state index in [1.165, 1.54) is 0 Å². The summed E-state index contributed by atoms with van der Waals surface area (Å²) in [5.74, 6) is 0.871. The van der Waals surface area contributed by atoms with Gasteiger partial charge in [0.1, 0.15) is 12.2 Å². The molecular weight excluding hydrogens is 156 g/mol. The summed E-state index contributed by atoms with van der Waals surface area (Å²) in [4.78, 5) is 0. The van der Waals surface area contributed by atoms with Crippen LogP contribution in [0, 0.1) is 0 Å². The maximum absolute atomic E-state index is 8.94. The molecule has 12 heavy (non-hydrogen) atoms. The Hall–Kier alpha value is -0.940. The zero-order valence-corrected chi connectivity index (χ0v) is 7.36. The Morgan fingerprint density at radius 3 is 3.00 bits per heavy atom. The molecule has 1 heterocycles. The van der Waals surface area contributed by atoms with Crippen molar-refractivity contribution in [2.45, 2.75) is 19.6 Å². The molecule has 0 aliphatic carbocycles. The van der Waals surface area contributed by atoms with Crippen LogP contribution in [0.5, 0.6) is 0 Å². The van der Waals surface area contributed by atoms with Crippen LogP contribution in [0.4, 0.5) is 0 Å². The van der Waals surface area contributed by atoms with E-state index in [2.05, 4.69) is 15.5 Å². The molecule has 0 saturated heterocycles. The standard InChI is InChI=1S/C7H14N4O/c1-6(12)3-8-4-7-10-9-5-11(7)2/h5-6,8,12H,3-4H2,1-2H3. The molecule has 1 rings (SSSR count). The Balaban J connectivity index is 2.29. The van der Waals surface area contributed by atoms with Gasteiger partial charge in [0, 0.05) is 13.6 Å². The van der Waals surface area contributed by atoms with Crippen LogP contribution in [0.25, 0.3) is 0 Å². The van der Waals surface area contributed by atoms with E-state index in [-0.39, 0.29) is 6.10 Å². The van der Waals surface area contributed by atoms with E-state index >= 15 is 0 Å². The van der Waals surface area contributed by atoms with Gasteiger partial charge in [-0.3, -0.25) is 0 Å². The van der Waals surface area contributed by atoms with Crippen molar-refractivity contribution >= 4 is 0 Å². The molecule has 5 nitrogen and oxygen atoms in total. The summed E-state index contributed by atoms with van der Waals surface area (Å²) in [6, 6.07) is 0. The smallest absolute Gasteiger partial charge is 0.146 e. The van der Waals surface area contributed by atoms with Crippen LogP contribution in [0.3, 0.4) is 0 Å². The van der Waals surface area contributed by atoms with E-state index in [1.807, 2.05) is 11.6 Å². The zero-order chi connectivity index (χ0) is 8.97. The molecule has 0 radical (unpaired) electrons. The molecule has 1 aromatic heterocycles. The lowest BCUT2D eigenvalue weighted by atomic mass is 10.4. The van der Waals surface area contributed by atoms with Crippen molar-refractivity contribution < 1.29 is 5.11 Å². The Morgan fingerprint density at radius 2 is 2.50 bits per heavy atom. The lowest BCUT2D eigenvalue weighted by molar-refractivity contribution is 0.190. The van der Waals surface area contributed by atoms with Gasteiger partial charge in [0.15, 0.2) is 0 Å². The molecule has 1 aromatic rings. The topological polar surface area (TPSA) is 63.0 Å². The van der Waals surface area contributed by atoms with Gasteiger partial charge in [-0.25, -0.2) is 0 Å². The van der Waals surface area contributed by atoms with E-state index in [4.69, 9.17) is 5.11 Å². The number of rotatable bonds is 4. The number of nitrogens with zero attached hydrogens (tertiary/aromatic N) is 3. The molecule has 2 N–H and O–H groups in total. The number of nitrogens with one attached hydrogen (secondary N) is 1. The van der Waals surface area contributed by atoms with Crippen LogP contribution in [0.2, 0.25) is 0 Å². The lowest BCUT2D eigenvalue weighted by Gasteiger charge is -2.05. The minimum atomic E-state index is -0.321. The van der Waals surface area contributed by atoms with Crippen molar-refractivity contribution in [2.24, 2.45) is 7.05 Å². The van der Waals surface area contributed by atoms with Gasteiger partial charge < -0.3 is 15.0 Å². The van der Waals surface area contributed by atoms with E-state index in [0.29, 0.717) is 13.1 Å². The average molecular weight is 170 g/mol. The molecule has 0 fully saturated rings. The number of hydrogen-bond donors (Lipinski definition) is 2. The van der Waals surface area contributed by atoms with E-state index in [1.54, 1.807) is 13.3 Å². The van der Waals surface area contributed by atoms with Gasteiger partial charge in [-0.1, -0.05) is 0 Å². The molecule has 0 aromatic carbocycles. The first-order chi connectivity index (χ1) is 5.70. The lowest BCUT2D eigenvalue weighted by Crippen LogP contribution is -2.25. The third kappa shape index (κ3) is 2.60. The SMILES string of the molecule is CC(O)CNCc1nncn1C. The molecule has 0 bridgehead atoms. The van der Waals surface area contributed by atoms with Gasteiger partial charge in [-0.15, -0.1) is 10.2 Å². The summed E-state index contributed by atoms with van der Waals surface area (Å²) in [5.41, 5.74) is 0. The Bertz CT molecular complexity index is 233. The highest BCUT2D eigenvalue weighted by Crippen LogP contribution is 1.89. The zero-order valence-electron chi connectivity index (χ0n) is 7.36. The molecule has 0 aliphatic heterocycles. The maximum atomic E-state index is 8.94. The minimum absolute atomic E-state index is 0.321. The number of hydrogen-bond acceptors (Lipinski definition) is 4. The highest BCUT2D eigenvalue weighted by atomic mass is 16.3. The molecule has 0 spiro atoms. The quantitative estimate of drug-likeness (QED) is 0.626. The van der Waals surface area contributed by atoms with Gasteiger partial charge in [0.05, 0.1) is 12.6 Å². The second-order valence-corrected chi connectivity index (χ2v) is 2.84.